The van der Waals surface area contributed by atoms with E-state index in [-0.39, 0.29) is 0 Å². The highest BCUT2D eigenvalue weighted by molar-refractivity contribution is 6.77. The smallest absolute Gasteiger partial charge is 0.200 e. The normalized spacial score (nSPS) is 20.9. The average Bonchev–Trinajstić information content (AvgIpc) is 3.06. The van der Waals surface area contributed by atoms with Gasteiger partial charge in [-0.2, -0.15) is 0 Å². The molecule has 4 heteroatoms. The molecule has 1 atom stereocenters. The Labute approximate surface area is 177 Å². The number of fused-ring (bicyclic) bond motifs is 1. The van der Waals surface area contributed by atoms with E-state index in [0.717, 1.165) is 17.9 Å². The summed E-state index contributed by atoms with van der Waals surface area (Å²) in [6.45, 7) is 15.2. The Balaban J connectivity index is 1.95. The van der Waals surface area contributed by atoms with E-state index in [1.807, 2.05) is 36.4 Å². The molecular formula is C25H34N2OSi. The van der Waals surface area contributed by atoms with Crippen molar-refractivity contribution in [1.29, 1.82) is 0 Å². The van der Waals surface area contributed by atoms with Gasteiger partial charge in [0.15, 0.2) is 13.9 Å². The van der Waals surface area contributed by atoms with E-state index in [1.165, 1.54) is 0 Å². The molecule has 1 aromatic carbocycles. The third-order valence-electron chi connectivity index (χ3n) is 6.16. The van der Waals surface area contributed by atoms with E-state index >= 15 is 0 Å². The first-order valence-corrected chi connectivity index (χ1v) is 12.9. The van der Waals surface area contributed by atoms with Crippen LogP contribution < -0.4 is 0 Å². The monoisotopic (exact) mass is 406 g/mol. The lowest BCUT2D eigenvalue weighted by Crippen LogP contribution is -2.51. The largest absolute Gasteiger partial charge is 0.412 e. The quantitative estimate of drug-likeness (QED) is 0.443. The lowest BCUT2D eigenvalue weighted by molar-refractivity contribution is 0.223. The molecule has 0 radical (unpaired) electrons. The number of hydrogen-bond donors (Lipinski definition) is 0. The first kappa shape index (κ1) is 21.6. The van der Waals surface area contributed by atoms with Crippen molar-refractivity contribution >= 4 is 14.2 Å². The first-order chi connectivity index (χ1) is 13.8. The molecule has 0 bridgehead atoms. The van der Waals surface area contributed by atoms with Gasteiger partial charge in [-0.1, -0.05) is 77.7 Å². The second kappa shape index (κ2) is 8.73. The topological polar surface area (TPSA) is 24.8 Å². The number of rotatable bonds is 6. The van der Waals surface area contributed by atoms with Crippen molar-refractivity contribution in [3.8, 4) is 11.8 Å². The molecule has 1 aromatic rings. The molecule has 1 unspecified atom stereocenters. The van der Waals surface area contributed by atoms with Crippen LogP contribution in [0.5, 0.6) is 0 Å². The molecule has 0 fully saturated rings. The van der Waals surface area contributed by atoms with Crippen LogP contribution in [0.2, 0.25) is 16.6 Å². The van der Waals surface area contributed by atoms with Crippen molar-refractivity contribution in [2.75, 3.05) is 13.2 Å². The summed E-state index contributed by atoms with van der Waals surface area (Å²) in [5.74, 6) is 7.85. The van der Waals surface area contributed by atoms with Crippen molar-refractivity contribution in [3.05, 3.63) is 60.3 Å². The van der Waals surface area contributed by atoms with Crippen molar-refractivity contribution in [2.45, 2.75) is 63.7 Å². The van der Waals surface area contributed by atoms with Crippen LogP contribution in [-0.4, -0.2) is 37.7 Å². The molecule has 0 spiro atoms. The van der Waals surface area contributed by atoms with Crippen LogP contribution in [0.4, 0.5) is 0 Å². The molecule has 2 heterocycles. The molecule has 0 saturated carbocycles. The number of amidine groups is 1. The van der Waals surface area contributed by atoms with Gasteiger partial charge in [-0.15, -0.1) is 0 Å². The van der Waals surface area contributed by atoms with Crippen LogP contribution in [0.3, 0.4) is 0 Å². The van der Waals surface area contributed by atoms with Gasteiger partial charge in [0, 0.05) is 11.8 Å². The highest BCUT2D eigenvalue weighted by Gasteiger charge is 2.48. The molecule has 3 rings (SSSR count). The molecule has 3 nitrogen and oxygen atoms in total. The summed E-state index contributed by atoms with van der Waals surface area (Å²) in [5.41, 5.74) is 2.10. The second-order valence-corrected chi connectivity index (χ2v) is 14.5. The number of allylic oxidation sites excluding steroid dienone is 2. The minimum Gasteiger partial charge on any atom is -0.412 e. The van der Waals surface area contributed by atoms with Crippen LogP contribution in [0.1, 0.15) is 47.1 Å². The van der Waals surface area contributed by atoms with Crippen molar-refractivity contribution in [1.82, 2.24) is 4.90 Å². The fraction of sp³-hybridized carbons (Fsp3) is 0.480. The molecule has 29 heavy (non-hydrogen) atoms. The maximum Gasteiger partial charge on any atom is 0.200 e. The maximum absolute atomic E-state index is 6.95. The SMILES string of the molecule is CC(C)[Si](OCC1(C#Cc2ccccc2)CN2C=CC=CC2=N1)(C(C)C)C(C)C. The van der Waals surface area contributed by atoms with E-state index in [9.17, 15) is 0 Å². The molecule has 2 aliphatic heterocycles. The summed E-state index contributed by atoms with van der Waals surface area (Å²) < 4.78 is 6.95. The Morgan fingerprint density at radius 3 is 2.28 bits per heavy atom. The number of aliphatic imine (C=N–C) groups is 1. The zero-order valence-electron chi connectivity index (χ0n) is 18.6. The van der Waals surface area contributed by atoms with Crippen LogP contribution >= 0.6 is 0 Å². The van der Waals surface area contributed by atoms with Gasteiger partial charge < -0.3 is 9.33 Å². The molecule has 0 N–H and O–H groups in total. The van der Waals surface area contributed by atoms with E-state index < -0.39 is 13.9 Å². The first-order valence-electron chi connectivity index (χ1n) is 10.7. The van der Waals surface area contributed by atoms with Gasteiger partial charge in [-0.25, -0.2) is 4.99 Å². The van der Waals surface area contributed by atoms with Crippen LogP contribution in [0.25, 0.3) is 0 Å². The van der Waals surface area contributed by atoms with E-state index in [1.54, 1.807) is 0 Å². The van der Waals surface area contributed by atoms with Gasteiger partial charge in [-0.3, -0.25) is 0 Å². The predicted octanol–water partition coefficient (Wildman–Crippen LogP) is 5.77. The summed E-state index contributed by atoms with van der Waals surface area (Å²) in [6.07, 6.45) is 8.23. The Bertz CT molecular complexity index is 836. The lowest BCUT2D eigenvalue weighted by atomic mass is 10.0. The number of nitrogens with zero attached hydrogens (tertiary/aromatic N) is 2. The molecule has 154 valence electrons. The van der Waals surface area contributed by atoms with E-state index in [4.69, 9.17) is 9.42 Å². The number of hydrogen-bond acceptors (Lipinski definition) is 3. The van der Waals surface area contributed by atoms with Crippen LogP contribution in [0, 0.1) is 11.8 Å². The Hall–Kier alpha value is -2.09. The summed E-state index contributed by atoms with van der Waals surface area (Å²) >= 11 is 0. The fourth-order valence-corrected chi connectivity index (χ4v) is 10.4. The van der Waals surface area contributed by atoms with Crippen molar-refractivity contribution < 1.29 is 4.43 Å². The zero-order valence-corrected chi connectivity index (χ0v) is 19.6. The third-order valence-corrected chi connectivity index (χ3v) is 12.2. The predicted molar refractivity (Wildman–Crippen MR) is 125 cm³/mol. The fourth-order valence-electron chi connectivity index (χ4n) is 4.87. The summed E-state index contributed by atoms with van der Waals surface area (Å²) in [6, 6.07) is 10.2. The van der Waals surface area contributed by atoms with E-state index in [2.05, 4.69) is 76.6 Å². The van der Waals surface area contributed by atoms with Gasteiger partial charge in [0.05, 0.1) is 13.2 Å². The summed E-state index contributed by atoms with van der Waals surface area (Å²) in [4.78, 5) is 7.25. The molecule has 0 aliphatic carbocycles. The van der Waals surface area contributed by atoms with Gasteiger partial charge in [0.1, 0.15) is 5.84 Å². The minimum atomic E-state index is -1.99. The second-order valence-electron chi connectivity index (χ2n) is 9.05. The minimum absolute atomic E-state index is 0.540. The Morgan fingerprint density at radius 2 is 1.69 bits per heavy atom. The average molecular weight is 407 g/mol. The van der Waals surface area contributed by atoms with Crippen LogP contribution in [0.15, 0.2) is 59.8 Å². The number of benzene rings is 1. The van der Waals surface area contributed by atoms with Crippen molar-refractivity contribution in [2.24, 2.45) is 4.99 Å². The molecule has 2 aliphatic rings. The third kappa shape index (κ3) is 4.42. The highest BCUT2D eigenvalue weighted by atomic mass is 28.4. The maximum atomic E-state index is 6.95. The molecule has 0 saturated heterocycles. The molecule has 0 aromatic heterocycles. The van der Waals surface area contributed by atoms with Gasteiger partial charge in [0.25, 0.3) is 0 Å². The van der Waals surface area contributed by atoms with Gasteiger partial charge in [0.2, 0.25) is 0 Å². The summed E-state index contributed by atoms with van der Waals surface area (Å²) in [5, 5.41) is 0. The lowest BCUT2D eigenvalue weighted by Gasteiger charge is -2.43. The van der Waals surface area contributed by atoms with Crippen LogP contribution in [-0.2, 0) is 4.43 Å². The Kier molecular flexibility index (Phi) is 6.51. The molecule has 0 amide bonds. The summed E-state index contributed by atoms with van der Waals surface area (Å²) in [7, 11) is -1.99. The van der Waals surface area contributed by atoms with Gasteiger partial charge >= 0.3 is 0 Å². The molecular weight excluding hydrogens is 372 g/mol. The standard InChI is InChI=1S/C25H34N2OSi/c1-20(2)29(21(3)4,22(5)6)28-19-25(16-15-23-12-8-7-9-13-23)18-27-17-11-10-14-24(27)26-25/h7-14,17,20-22H,18-19H2,1-6H3. The van der Waals surface area contributed by atoms with Crippen molar-refractivity contribution in [3.63, 3.8) is 0 Å². The zero-order chi connectivity index (χ0) is 21.1. The Morgan fingerprint density at radius 1 is 1.03 bits per heavy atom. The highest BCUT2D eigenvalue weighted by Crippen LogP contribution is 2.43. The van der Waals surface area contributed by atoms with Gasteiger partial charge in [-0.05, 0) is 40.9 Å². The van der Waals surface area contributed by atoms with E-state index in [0.29, 0.717) is 23.2 Å².